The van der Waals surface area contributed by atoms with E-state index in [0.29, 0.717) is 11.7 Å². The summed E-state index contributed by atoms with van der Waals surface area (Å²) in [5.41, 5.74) is 5.61. The fourth-order valence-electron chi connectivity index (χ4n) is 1.24. The van der Waals surface area contributed by atoms with Gasteiger partial charge < -0.3 is 5.73 Å². The van der Waals surface area contributed by atoms with Gasteiger partial charge in [-0.25, -0.2) is 8.42 Å². The van der Waals surface area contributed by atoms with Crippen LogP contribution < -0.4 is 5.73 Å². The summed E-state index contributed by atoms with van der Waals surface area (Å²) < 4.78 is 23.0. The van der Waals surface area contributed by atoms with E-state index in [0.717, 1.165) is 19.3 Å². The van der Waals surface area contributed by atoms with Crippen molar-refractivity contribution < 1.29 is 8.42 Å². The molecule has 0 saturated carbocycles. The van der Waals surface area contributed by atoms with Crippen LogP contribution in [-0.2, 0) is 9.84 Å². The quantitative estimate of drug-likeness (QED) is 0.710. The first-order valence-corrected chi connectivity index (χ1v) is 7.15. The van der Waals surface area contributed by atoms with E-state index in [2.05, 4.69) is 13.8 Å². The Morgan fingerprint density at radius 1 is 1.29 bits per heavy atom. The molecule has 0 heterocycles. The van der Waals surface area contributed by atoms with Crippen molar-refractivity contribution in [2.45, 2.75) is 46.1 Å². The van der Waals surface area contributed by atoms with E-state index in [9.17, 15) is 8.42 Å². The van der Waals surface area contributed by atoms with E-state index in [1.807, 2.05) is 6.92 Å². The van der Waals surface area contributed by atoms with Crippen molar-refractivity contribution in [2.24, 2.45) is 11.7 Å². The number of sulfone groups is 1. The Balaban J connectivity index is 3.84. The van der Waals surface area contributed by atoms with Gasteiger partial charge in [-0.3, -0.25) is 0 Å². The van der Waals surface area contributed by atoms with Crippen LogP contribution >= 0.6 is 0 Å². The molecule has 1 atom stereocenters. The standard InChI is InChI=1S/C10H23NO2S/c1-4-10(11)8-14(12,13)7-5-6-9(2)3/h9-10H,4-8,11H2,1-3H3. The van der Waals surface area contributed by atoms with Crippen molar-refractivity contribution in [2.75, 3.05) is 11.5 Å². The zero-order valence-electron chi connectivity index (χ0n) is 9.49. The monoisotopic (exact) mass is 221 g/mol. The van der Waals surface area contributed by atoms with Crippen LogP contribution in [0.5, 0.6) is 0 Å². The molecular weight excluding hydrogens is 198 g/mol. The van der Waals surface area contributed by atoms with Crippen molar-refractivity contribution in [1.82, 2.24) is 0 Å². The van der Waals surface area contributed by atoms with E-state index in [1.165, 1.54) is 0 Å². The normalized spacial score (nSPS) is 14.6. The molecule has 0 aromatic carbocycles. The number of hydrogen-bond acceptors (Lipinski definition) is 3. The van der Waals surface area contributed by atoms with Crippen LogP contribution in [0.25, 0.3) is 0 Å². The second kappa shape index (κ2) is 6.40. The SMILES string of the molecule is CCC(N)CS(=O)(=O)CCCC(C)C. The van der Waals surface area contributed by atoms with Gasteiger partial charge in [0.15, 0.2) is 9.84 Å². The molecule has 0 saturated heterocycles. The summed E-state index contributed by atoms with van der Waals surface area (Å²) in [6.07, 6.45) is 2.46. The Labute approximate surface area is 88.0 Å². The third-order valence-corrected chi connectivity index (χ3v) is 4.08. The molecule has 0 aromatic heterocycles. The molecular formula is C10H23NO2S. The Morgan fingerprint density at radius 2 is 1.86 bits per heavy atom. The number of rotatable bonds is 7. The molecule has 0 aliphatic rings. The summed E-state index contributed by atoms with van der Waals surface area (Å²) in [4.78, 5) is 0. The minimum Gasteiger partial charge on any atom is -0.327 e. The van der Waals surface area contributed by atoms with Gasteiger partial charge in [-0.15, -0.1) is 0 Å². The lowest BCUT2D eigenvalue weighted by atomic mass is 10.1. The Morgan fingerprint density at radius 3 is 2.29 bits per heavy atom. The molecule has 0 aromatic rings. The predicted octanol–water partition coefficient (Wildman–Crippen LogP) is 1.57. The third kappa shape index (κ3) is 7.33. The first-order valence-electron chi connectivity index (χ1n) is 5.33. The zero-order chi connectivity index (χ0) is 11.2. The lowest BCUT2D eigenvalue weighted by molar-refractivity contribution is 0.555. The van der Waals surface area contributed by atoms with Gasteiger partial charge in [-0.05, 0) is 18.8 Å². The Hall–Kier alpha value is -0.0900. The molecule has 0 radical (unpaired) electrons. The summed E-state index contributed by atoms with van der Waals surface area (Å²) in [5.74, 6) is 1.01. The van der Waals surface area contributed by atoms with Gasteiger partial charge in [0.2, 0.25) is 0 Å². The molecule has 0 fully saturated rings. The number of nitrogens with two attached hydrogens (primary N) is 1. The van der Waals surface area contributed by atoms with E-state index in [1.54, 1.807) is 0 Å². The van der Waals surface area contributed by atoms with E-state index < -0.39 is 9.84 Å². The topological polar surface area (TPSA) is 60.2 Å². The average molecular weight is 221 g/mol. The molecule has 0 bridgehead atoms. The molecule has 86 valence electrons. The van der Waals surface area contributed by atoms with Crippen molar-refractivity contribution in [1.29, 1.82) is 0 Å². The minimum absolute atomic E-state index is 0.140. The predicted molar refractivity (Wildman–Crippen MR) is 61.0 cm³/mol. The molecule has 0 aliphatic heterocycles. The van der Waals surface area contributed by atoms with Gasteiger partial charge in [0, 0.05) is 6.04 Å². The van der Waals surface area contributed by atoms with Gasteiger partial charge in [0.25, 0.3) is 0 Å². The summed E-state index contributed by atoms with van der Waals surface area (Å²) in [7, 11) is -2.91. The highest BCUT2D eigenvalue weighted by Crippen LogP contribution is 2.06. The largest absolute Gasteiger partial charge is 0.327 e. The van der Waals surface area contributed by atoms with Crippen LogP contribution in [0, 0.1) is 5.92 Å². The van der Waals surface area contributed by atoms with Crippen LogP contribution in [0.2, 0.25) is 0 Å². The van der Waals surface area contributed by atoms with Gasteiger partial charge in [0.05, 0.1) is 11.5 Å². The molecule has 0 amide bonds. The summed E-state index contributed by atoms with van der Waals surface area (Å²) >= 11 is 0. The summed E-state index contributed by atoms with van der Waals surface area (Å²) in [5, 5.41) is 0. The fourth-order valence-corrected chi connectivity index (χ4v) is 2.90. The third-order valence-electron chi connectivity index (χ3n) is 2.23. The highest BCUT2D eigenvalue weighted by atomic mass is 32.2. The minimum atomic E-state index is -2.91. The second-order valence-corrected chi connectivity index (χ2v) is 6.55. The molecule has 14 heavy (non-hydrogen) atoms. The molecule has 1 unspecified atom stereocenters. The maximum atomic E-state index is 11.5. The van der Waals surface area contributed by atoms with E-state index in [-0.39, 0.29) is 11.8 Å². The number of hydrogen-bond donors (Lipinski definition) is 1. The van der Waals surface area contributed by atoms with E-state index >= 15 is 0 Å². The van der Waals surface area contributed by atoms with Gasteiger partial charge in [0.1, 0.15) is 0 Å². The van der Waals surface area contributed by atoms with E-state index in [4.69, 9.17) is 5.73 Å². The maximum absolute atomic E-state index is 11.5. The molecule has 0 rings (SSSR count). The summed E-state index contributed by atoms with van der Waals surface area (Å²) in [6, 6.07) is -0.195. The lowest BCUT2D eigenvalue weighted by Gasteiger charge is -2.10. The van der Waals surface area contributed by atoms with Crippen LogP contribution in [0.3, 0.4) is 0 Å². The Kier molecular flexibility index (Phi) is 6.36. The Bertz CT molecular complexity index is 235. The van der Waals surface area contributed by atoms with Crippen molar-refractivity contribution in [3.8, 4) is 0 Å². The van der Waals surface area contributed by atoms with Crippen molar-refractivity contribution >= 4 is 9.84 Å². The van der Waals surface area contributed by atoms with Gasteiger partial charge in [-0.2, -0.15) is 0 Å². The first kappa shape index (κ1) is 13.9. The maximum Gasteiger partial charge on any atom is 0.151 e. The second-order valence-electron chi connectivity index (χ2n) is 4.32. The first-order chi connectivity index (χ1) is 6.37. The molecule has 4 heteroatoms. The smallest absolute Gasteiger partial charge is 0.151 e. The summed E-state index contributed by atoms with van der Waals surface area (Å²) in [6.45, 7) is 6.11. The lowest BCUT2D eigenvalue weighted by Crippen LogP contribution is -2.30. The average Bonchev–Trinajstić information content (AvgIpc) is 2.02. The van der Waals surface area contributed by atoms with Crippen LogP contribution in [0.15, 0.2) is 0 Å². The molecule has 2 N–H and O–H groups in total. The molecule has 3 nitrogen and oxygen atoms in total. The van der Waals surface area contributed by atoms with Gasteiger partial charge >= 0.3 is 0 Å². The van der Waals surface area contributed by atoms with Crippen molar-refractivity contribution in [3.05, 3.63) is 0 Å². The van der Waals surface area contributed by atoms with Crippen molar-refractivity contribution in [3.63, 3.8) is 0 Å². The zero-order valence-corrected chi connectivity index (χ0v) is 10.3. The highest BCUT2D eigenvalue weighted by Gasteiger charge is 2.14. The van der Waals surface area contributed by atoms with Crippen LogP contribution in [0.1, 0.15) is 40.0 Å². The van der Waals surface area contributed by atoms with Crippen LogP contribution in [-0.4, -0.2) is 26.0 Å². The highest BCUT2D eigenvalue weighted by molar-refractivity contribution is 7.91. The van der Waals surface area contributed by atoms with Gasteiger partial charge in [-0.1, -0.05) is 27.2 Å². The molecule has 0 aliphatic carbocycles. The molecule has 0 spiro atoms. The van der Waals surface area contributed by atoms with Crippen LogP contribution in [0.4, 0.5) is 0 Å². The fraction of sp³-hybridized carbons (Fsp3) is 1.00.